The van der Waals surface area contributed by atoms with Crippen LogP contribution < -0.4 is 0 Å². The first-order chi connectivity index (χ1) is 11.6. The Hall–Kier alpha value is -1.85. The molecule has 1 saturated heterocycles. The summed E-state index contributed by atoms with van der Waals surface area (Å²) in [5.74, 6) is -0.563. The lowest BCUT2D eigenvalue weighted by molar-refractivity contribution is 0.303. The molecule has 0 N–H and O–H groups in total. The molecule has 8 nitrogen and oxygen atoms in total. The van der Waals surface area contributed by atoms with Gasteiger partial charge in [-0.05, 0) is 43.5 Å². The largest absolute Gasteiger partial charge is 0.411 e. The van der Waals surface area contributed by atoms with Gasteiger partial charge in [-0.2, -0.15) is 4.31 Å². The van der Waals surface area contributed by atoms with E-state index in [1.807, 2.05) is 0 Å². The van der Waals surface area contributed by atoms with Gasteiger partial charge in [0.1, 0.15) is 11.9 Å². The minimum Gasteiger partial charge on any atom is -0.411 e. The minimum absolute atomic E-state index is 0.0406. The van der Waals surface area contributed by atoms with Gasteiger partial charge in [0.25, 0.3) is 0 Å². The molecule has 1 fully saturated rings. The third kappa shape index (κ3) is 3.31. The fourth-order valence-corrected chi connectivity index (χ4v) is 4.86. The molecule has 1 aliphatic rings. The highest BCUT2D eigenvalue weighted by Crippen LogP contribution is 2.36. The molecule has 0 spiro atoms. The average Bonchev–Trinajstić information content (AvgIpc) is 3.17. The summed E-state index contributed by atoms with van der Waals surface area (Å²) in [5.41, 5.74) is 0.217. The fraction of sp³-hybridized carbons (Fsp3) is 0.429. The fourth-order valence-electron chi connectivity index (χ4n) is 2.69. The Morgan fingerprint density at radius 1 is 1.24 bits per heavy atom. The van der Waals surface area contributed by atoms with Gasteiger partial charge in [0.05, 0.1) is 4.90 Å². The highest BCUT2D eigenvalue weighted by molar-refractivity contribution is 7.90. The zero-order valence-corrected chi connectivity index (χ0v) is 15.1. The van der Waals surface area contributed by atoms with Gasteiger partial charge in [0.15, 0.2) is 0 Å². The molecular formula is C14H16FN3O5S2. The number of hydrogen-bond acceptors (Lipinski definition) is 7. The molecule has 0 aliphatic carbocycles. The van der Waals surface area contributed by atoms with Crippen molar-refractivity contribution in [1.82, 2.24) is 14.5 Å². The molecule has 0 unspecified atom stereocenters. The number of sulfonamides is 1. The van der Waals surface area contributed by atoms with Crippen LogP contribution >= 0.6 is 0 Å². The SMILES string of the molecule is Cc1cc(S(=O)(=O)N2CCC[C@H]2c2nnc(S(C)(=O)=O)o2)ccc1F. The van der Waals surface area contributed by atoms with E-state index in [0.29, 0.717) is 12.8 Å². The Morgan fingerprint density at radius 2 is 1.96 bits per heavy atom. The number of sulfone groups is 1. The van der Waals surface area contributed by atoms with Crippen LogP contribution in [0, 0.1) is 12.7 Å². The second-order valence-corrected chi connectivity index (χ2v) is 9.65. The Bertz CT molecular complexity index is 1020. The van der Waals surface area contributed by atoms with Gasteiger partial charge < -0.3 is 4.42 Å². The molecule has 1 aromatic heterocycles. The van der Waals surface area contributed by atoms with Gasteiger partial charge in [-0.15, -0.1) is 5.10 Å². The van der Waals surface area contributed by atoms with E-state index in [9.17, 15) is 21.2 Å². The summed E-state index contributed by atoms with van der Waals surface area (Å²) in [6.07, 6.45) is 1.90. The summed E-state index contributed by atoms with van der Waals surface area (Å²) >= 11 is 0. The van der Waals surface area contributed by atoms with Gasteiger partial charge in [-0.1, -0.05) is 5.10 Å². The Labute approximate surface area is 144 Å². The van der Waals surface area contributed by atoms with Gasteiger partial charge in [0, 0.05) is 12.8 Å². The highest BCUT2D eigenvalue weighted by Gasteiger charge is 2.39. The molecule has 2 heterocycles. The highest BCUT2D eigenvalue weighted by atomic mass is 32.2. The third-order valence-electron chi connectivity index (χ3n) is 3.96. The number of rotatable bonds is 4. The Morgan fingerprint density at radius 3 is 2.56 bits per heavy atom. The lowest BCUT2D eigenvalue weighted by atomic mass is 10.2. The first-order valence-corrected chi connectivity index (χ1v) is 10.8. The average molecular weight is 389 g/mol. The number of aryl methyl sites for hydroxylation is 1. The molecule has 1 atom stereocenters. The van der Waals surface area contributed by atoms with Crippen LogP contribution in [0.5, 0.6) is 0 Å². The molecule has 0 radical (unpaired) electrons. The molecule has 1 aromatic carbocycles. The van der Waals surface area contributed by atoms with Gasteiger partial charge in [-0.25, -0.2) is 21.2 Å². The van der Waals surface area contributed by atoms with Crippen LogP contribution in [-0.4, -0.2) is 44.1 Å². The summed E-state index contributed by atoms with van der Waals surface area (Å²) in [7, 11) is -7.59. The minimum atomic E-state index is -3.91. The lowest BCUT2D eigenvalue weighted by Crippen LogP contribution is -2.31. The van der Waals surface area contributed by atoms with Gasteiger partial charge in [-0.3, -0.25) is 0 Å². The quantitative estimate of drug-likeness (QED) is 0.778. The summed E-state index contributed by atoms with van der Waals surface area (Å²) in [6.45, 7) is 1.70. The monoisotopic (exact) mass is 389 g/mol. The number of hydrogen-bond donors (Lipinski definition) is 0. The van der Waals surface area contributed by atoms with E-state index >= 15 is 0 Å². The van der Waals surface area contributed by atoms with E-state index in [4.69, 9.17) is 4.42 Å². The first-order valence-electron chi connectivity index (χ1n) is 7.42. The maximum atomic E-state index is 13.4. The number of nitrogens with zero attached hydrogens (tertiary/aromatic N) is 3. The van der Waals surface area contributed by atoms with E-state index in [1.165, 1.54) is 23.4 Å². The van der Waals surface area contributed by atoms with Crippen molar-refractivity contribution in [3.05, 3.63) is 35.5 Å². The molecule has 0 bridgehead atoms. The Balaban J connectivity index is 1.98. The molecule has 136 valence electrons. The third-order valence-corrected chi connectivity index (χ3v) is 6.67. The molecule has 1 aliphatic heterocycles. The second kappa shape index (κ2) is 6.15. The molecular weight excluding hydrogens is 373 g/mol. The van der Waals surface area contributed by atoms with Gasteiger partial charge in [0.2, 0.25) is 25.8 Å². The number of benzene rings is 1. The van der Waals surface area contributed by atoms with E-state index in [0.717, 1.165) is 12.3 Å². The van der Waals surface area contributed by atoms with E-state index in [2.05, 4.69) is 10.2 Å². The number of aromatic nitrogens is 2. The van der Waals surface area contributed by atoms with Crippen molar-refractivity contribution >= 4 is 19.9 Å². The molecule has 0 amide bonds. The second-order valence-electron chi connectivity index (χ2n) is 5.86. The van der Waals surface area contributed by atoms with Crippen molar-refractivity contribution in [3.63, 3.8) is 0 Å². The standard InChI is InChI=1S/C14H16FN3O5S2/c1-9-8-10(5-6-11(9)15)25(21,22)18-7-3-4-12(18)13-16-17-14(23-13)24(2,19)20/h5-6,8,12H,3-4,7H2,1-2H3/t12-/m0/s1. The summed E-state index contributed by atoms with van der Waals surface area (Å²) in [5, 5.41) is 6.61. The topological polar surface area (TPSA) is 110 Å². The van der Waals surface area contributed by atoms with Crippen LogP contribution in [0.3, 0.4) is 0 Å². The normalized spacial score (nSPS) is 19.4. The van der Waals surface area contributed by atoms with E-state index in [-0.39, 0.29) is 22.9 Å². The van der Waals surface area contributed by atoms with Crippen molar-refractivity contribution in [3.8, 4) is 0 Å². The number of halogens is 1. The first kappa shape index (κ1) is 18.0. The van der Waals surface area contributed by atoms with Crippen LogP contribution in [0.15, 0.2) is 32.7 Å². The summed E-state index contributed by atoms with van der Waals surface area (Å²) in [4.78, 5) is -0.0406. The van der Waals surface area contributed by atoms with Crippen molar-refractivity contribution in [2.45, 2.75) is 35.9 Å². The molecule has 11 heteroatoms. The molecule has 25 heavy (non-hydrogen) atoms. The predicted octanol–water partition coefficient (Wildman–Crippen LogP) is 1.45. The smallest absolute Gasteiger partial charge is 0.335 e. The van der Waals surface area contributed by atoms with Crippen LogP contribution in [-0.2, 0) is 19.9 Å². The zero-order valence-electron chi connectivity index (χ0n) is 13.5. The molecule has 3 rings (SSSR count). The maximum Gasteiger partial charge on any atom is 0.335 e. The molecule has 0 saturated carbocycles. The lowest BCUT2D eigenvalue weighted by Gasteiger charge is -2.21. The van der Waals surface area contributed by atoms with Crippen LogP contribution in [0.2, 0.25) is 0 Å². The van der Waals surface area contributed by atoms with E-state index in [1.54, 1.807) is 0 Å². The van der Waals surface area contributed by atoms with Crippen molar-refractivity contribution in [2.75, 3.05) is 12.8 Å². The van der Waals surface area contributed by atoms with Gasteiger partial charge >= 0.3 is 5.22 Å². The van der Waals surface area contributed by atoms with E-state index < -0.39 is 36.9 Å². The zero-order chi connectivity index (χ0) is 18.4. The van der Waals surface area contributed by atoms with Crippen LogP contribution in [0.1, 0.15) is 30.3 Å². The summed E-state index contributed by atoms with van der Waals surface area (Å²) in [6, 6.07) is 2.80. The summed E-state index contributed by atoms with van der Waals surface area (Å²) < 4.78 is 68.5. The maximum absolute atomic E-state index is 13.4. The van der Waals surface area contributed by atoms with Crippen molar-refractivity contribution < 1.29 is 25.6 Å². The Kier molecular flexibility index (Phi) is 4.41. The predicted molar refractivity (Wildman–Crippen MR) is 84.4 cm³/mol. The van der Waals surface area contributed by atoms with Crippen molar-refractivity contribution in [1.29, 1.82) is 0 Å². The van der Waals surface area contributed by atoms with Crippen molar-refractivity contribution in [2.24, 2.45) is 0 Å². The van der Waals surface area contributed by atoms with Crippen LogP contribution in [0.25, 0.3) is 0 Å². The van der Waals surface area contributed by atoms with Crippen LogP contribution in [0.4, 0.5) is 4.39 Å². The molecule has 2 aromatic rings.